The van der Waals surface area contributed by atoms with Crippen molar-refractivity contribution in [2.45, 2.75) is 65.1 Å². The SMILES string of the molecule is CCNC(Cc1ncnn1C(C)C)C1CCOC1CC. The highest BCUT2D eigenvalue weighted by molar-refractivity contribution is 4.96. The number of likely N-dealkylation sites (N-methyl/N-ethyl adjacent to an activating group) is 1. The first-order chi connectivity index (χ1) is 9.67. The van der Waals surface area contributed by atoms with Gasteiger partial charge in [-0.05, 0) is 33.2 Å². The Hall–Kier alpha value is -0.940. The Balaban J connectivity index is 2.10. The maximum Gasteiger partial charge on any atom is 0.138 e. The average Bonchev–Trinajstić information content (AvgIpc) is 3.06. The Bertz CT molecular complexity index is 404. The zero-order chi connectivity index (χ0) is 14.5. The number of hydrogen-bond donors (Lipinski definition) is 1. The molecule has 0 bridgehead atoms. The standard InChI is InChI=1S/C15H28N4O/c1-5-14-12(7-8-20-14)13(16-6-2)9-15-17-10-18-19(15)11(3)4/h10-14,16H,5-9H2,1-4H3. The molecule has 1 fully saturated rings. The number of ether oxygens (including phenoxy) is 1. The fourth-order valence-electron chi connectivity index (χ4n) is 3.23. The first-order valence-electron chi connectivity index (χ1n) is 7.90. The zero-order valence-electron chi connectivity index (χ0n) is 13.2. The first-order valence-corrected chi connectivity index (χ1v) is 7.90. The van der Waals surface area contributed by atoms with E-state index in [1.54, 1.807) is 6.33 Å². The summed E-state index contributed by atoms with van der Waals surface area (Å²) in [5.74, 6) is 1.66. The van der Waals surface area contributed by atoms with Crippen LogP contribution in [0.4, 0.5) is 0 Å². The molecule has 20 heavy (non-hydrogen) atoms. The van der Waals surface area contributed by atoms with Crippen molar-refractivity contribution >= 4 is 0 Å². The van der Waals surface area contributed by atoms with Crippen molar-refractivity contribution in [1.29, 1.82) is 0 Å². The van der Waals surface area contributed by atoms with Gasteiger partial charge >= 0.3 is 0 Å². The van der Waals surface area contributed by atoms with Crippen molar-refractivity contribution in [3.8, 4) is 0 Å². The molecule has 3 atom stereocenters. The lowest BCUT2D eigenvalue weighted by atomic mass is 9.89. The normalized spacial score (nSPS) is 24.4. The lowest BCUT2D eigenvalue weighted by molar-refractivity contribution is 0.0773. The van der Waals surface area contributed by atoms with Gasteiger partial charge in [0.2, 0.25) is 0 Å². The van der Waals surface area contributed by atoms with Gasteiger partial charge < -0.3 is 10.1 Å². The van der Waals surface area contributed by atoms with Gasteiger partial charge in [0.1, 0.15) is 12.2 Å². The smallest absolute Gasteiger partial charge is 0.138 e. The molecule has 114 valence electrons. The van der Waals surface area contributed by atoms with Gasteiger partial charge in [-0.2, -0.15) is 5.10 Å². The van der Waals surface area contributed by atoms with Gasteiger partial charge in [0.05, 0.1) is 6.10 Å². The summed E-state index contributed by atoms with van der Waals surface area (Å²) in [7, 11) is 0. The second kappa shape index (κ2) is 7.18. The fraction of sp³-hybridized carbons (Fsp3) is 0.867. The van der Waals surface area contributed by atoms with Crippen molar-refractivity contribution in [2.24, 2.45) is 5.92 Å². The van der Waals surface area contributed by atoms with E-state index in [1.165, 1.54) is 0 Å². The van der Waals surface area contributed by atoms with Crippen molar-refractivity contribution in [3.63, 3.8) is 0 Å². The van der Waals surface area contributed by atoms with Crippen LogP contribution in [0.25, 0.3) is 0 Å². The van der Waals surface area contributed by atoms with E-state index in [9.17, 15) is 0 Å². The molecule has 5 nitrogen and oxygen atoms in total. The molecule has 0 saturated carbocycles. The summed E-state index contributed by atoms with van der Waals surface area (Å²) in [4.78, 5) is 4.45. The van der Waals surface area contributed by atoms with Gasteiger partial charge in [0.25, 0.3) is 0 Å². The summed E-state index contributed by atoms with van der Waals surface area (Å²) < 4.78 is 7.88. The van der Waals surface area contributed by atoms with E-state index in [-0.39, 0.29) is 0 Å². The van der Waals surface area contributed by atoms with Gasteiger partial charge in [-0.1, -0.05) is 13.8 Å². The van der Waals surface area contributed by atoms with Crippen molar-refractivity contribution < 1.29 is 4.74 Å². The Labute approximate surface area is 122 Å². The van der Waals surface area contributed by atoms with E-state index in [2.05, 4.69) is 43.1 Å². The van der Waals surface area contributed by atoms with Crippen molar-refractivity contribution in [2.75, 3.05) is 13.2 Å². The molecule has 1 aromatic rings. The quantitative estimate of drug-likeness (QED) is 0.832. The van der Waals surface area contributed by atoms with Gasteiger partial charge in [0, 0.05) is 31.0 Å². The van der Waals surface area contributed by atoms with E-state index in [4.69, 9.17) is 4.74 Å². The molecule has 1 aliphatic rings. The minimum absolute atomic E-state index is 0.358. The minimum atomic E-state index is 0.358. The molecule has 0 aromatic carbocycles. The molecule has 2 rings (SSSR count). The van der Waals surface area contributed by atoms with Crippen LogP contribution in [0.3, 0.4) is 0 Å². The average molecular weight is 280 g/mol. The second-order valence-electron chi connectivity index (χ2n) is 5.85. The third-order valence-electron chi connectivity index (χ3n) is 4.19. The molecular formula is C15H28N4O. The second-order valence-corrected chi connectivity index (χ2v) is 5.85. The molecule has 0 aliphatic carbocycles. The number of aromatic nitrogens is 3. The number of rotatable bonds is 7. The van der Waals surface area contributed by atoms with Crippen LogP contribution < -0.4 is 5.32 Å². The maximum absolute atomic E-state index is 5.86. The molecular weight excluding hydrogens is 252 g/mol. The van der Waals surface area contributed by atoms with Gasteiger partial charge in [-0.25, -0.2) is 9.67 Å². The number of nitrogens with zero attached hydrogens (tertiary/aromatic N) is 3. The highest BCUT2D eigenvalue weighted by atomic mass is 16.5. The fourth-order valence-corrected chi connectivity index (χ4v) is 3.23. The lowest BCUT2D eigenvalue weighted by Gasteiger charge is -2.28. The third kappa shape index (κ3) is 3.38. The topological polar surface area (TPSA) is 52.0 Å². The molecule has 5 heteroatoms. The zero-order valence-corrected chi connectivity index (χ0v) is 13.2. The van der Waals surface area contributed by atoms with Crippen LogP contribution in [0.5, 0.6) is 0 Å². The third-order valence-corrected chi connectivity index (χ3v) is 4.19. The van der Waals surface area contributed by atoms with Crippen LogP contribution in [-0.4, -0.2) is 40.1 Å². The largest absolute Gasteiger partial charge is 0.378 e. The highest BCUT2D eigenvalue weighted by Gasteiger charge is 2.34. The number of nitrogens with one attached hydrogen (secondary N) is 1. The van der Waals surface area contributed by atoms with Crippen molar-refractivity contribution in [3.05, 3.63) is 12.2 Å². The van der Waals surface area contributed by atoms with Gasteiger partial charge in [0.15, 0.2) is 0 Å². The van der Waals surface area contributed by atoms with Crippen LogP contribution in [0.1, 0.15) is 52.4 Å². The van der Waals surface area contributed by atoms with E-state index in [0.29, 0.717) is 24.1 Å². The molecule has 1 aliphatic heterocycles. The van der Waals surface area contributed by atoms with Gasteiger partial charge in [-0.15, -0.1) is 0 Å². The highest BCUT2D eigenvalue weighted by Crippen LogP contribution is 2.28. The summed E-state index contributed by atoms with van der Waals surface area (Å²) in [5.41, 5.74) is 0. The van der Waals surface area contributed by atoms with E-state index < -0.39 is 0 Å². The Kier molecular flexibility index (Phi) is 5.54. The Morgan fingerprint density at radius 3 is 2.90 bits per heavy atom. The van der Waals surface area contributed by atoms with E-state index >= 15 is 0 Å². The van der Waals surface area contributed by atoms with Crippen LogP contribution in [0.15, 0.2) is 6.33 Å². The van der Waals surface area contributed by atoms with Crippen LogP contribution >= 0.6 is 0 Å². The molecule has 2 heterocycles. The minimum Gasteiger partial charge on any atom is -0.378 e. The predicted molar refractivity (Wildman–Crippen MR) is 79.7 cm³/mol. The molecule has 3 unspecified atom stereocenters. The van der Waals surface area contributed by atoms with Gasteiger partial charge in [-0.3, -0.25) is 0 Å². The summed E-state index contributed by atoms with van der Waals surface area (Å²) in [6.07, 6.45) is 5.21. The molecule has 0 amide bonds. The monoisotopic (exact) mass is 280 g/mol. The lowest BCUT2D eigenvalue weighted by Crippen LogP contribution is -2.42. The molecule has 1 aromatic heterocycles. The summed E-state index contributed by atoms with van der Waals surface area (Å²) in [5, 5.41) is 7.97. The summed E-state index contributed by atoms with van der Waals surface area (Å²) in [6.45, 7) is 10.5. The molecule has 0 spiro atoms. The van der Waals surface area contributed by atoms with Crippen molar-refractivity contribution in [1.82, 2.24) is 20.1 Å². The first kappa shape index (κ1) is 15.4. The van der Waals surface area contributed by atoms with Crippen LogP contribution in [0.2, 0.25) is 0 Å². The summed E-state index contributed by atoms with van der Waals surface area (Å²) in [6, 6.07) is 0.783. The Morgan fingerprint density at radius 2 is 2.25 bits per heavy atom. The molecule has 0 radical (unpaired) electrons. The summed E-state index contributed by atoms with van der Waals surface area (Å²) >= 11 is 0. The maximum atomic E-state index is 5.86. The van der Waals surface area contributed by atoms with E-state index in [0.717, 1.165) is 38.2 Å². The predicted octanol–water partition coefficient (Wildman–Crippen LogP) is 2.19. The van der Waals surface area contributed by atoms with E-state index in [1.807, 2.05) is 4.68 Å². The van der Waals surface area contributed by atoms with Crippen LogP contribution in [0, 0.1) is 5.92 Å². The molecule has 1 saturated heterocycles. The Morgan fingerprint density at radius 1 is 1.45 bits per heavy atom. The van der Waals surface area contributed by atoms with Crippen LogP contribution in [-0.2, 0) is 11.2 Å². The molecule has 1 N–H and O–H groups in total. The number of hydrogen-bond acceptors (Lipinski definition) is 4.